The van der Waals surface area contributed by atoms with E-state index in [4.69, 9.17) is 18.9 Å². The Morgan fingerprint density at radius 3 is 0.944 bits per heavy atom. The van der Waals surface area contributed by atoms with E-state index in [1.807, 2.05) is 21.1 Å². The van der Waals surface area contributed by atoms with E-state index in [0.717, 1.165) is 64.2 Å². The number of hydrogen-bond acceptors (Lipinski definition) is 7. The van der Waals surface area contributed by atoms with Crippen molar-refractivity contribution in [2.75, 3.05) is 47.5 Å². The topological polar surface area (TPSA) is 108 Å². The first kappa shape index (κ1) is 87.2. The molecule has 0 rings (SSSR count). The average molecular weight is 1270 g/mol. The number of nitrogens with zero attached hydrogens (tertiary/aromatic N) is 1. The van der Waals surface area contributed by atoms with Crippen LogP contribution in [0.1, 0.15) is 393 Å². The summed E-state index contributed by atoms with van der Waals surface area (Å²) in [7, 11) is 5.99. The summed E-state index contributed by atoms with van der Waals surface area (Å²) < 4.78 is 23.0. The Labute approximate surface area is 559 Å². The minimum atomic E-state index is -1.51. The van der Waals surface area contributed by atoms with Crippen LogP contribution in [-0.4, -0.2) is 87.4 Å². The Bertz CT molecular complexity index is 1620. The highest BCUT2D eigenvalue weighted by molar-refractivity contribution is 5.71. The fourth-order valence-corrected chi connectivity index (χ4v) is 11.9. The molecular weight excluding hydrogens is 1110 g/mol. The molecule has 2 unspecified atom stereocenters. The van der Waals surface area contributed by atoms with Crippen molar-refractivity contribution in [3.8, 4) is 0 Å². The van der Waals surface area contributed by atoms with Crippen LogP contribution in [0, 0.1) is 0 Å². The second-order valence-corrected chi connectivity index (χ2v) is 28.0. The van der Waals surface area contributed by atoms with Gasteiger partial charge in [0.1, 0.15) is 13.2 Å². The maximum Gasteiger partial charge on any atom is 0.361 e. The number of carboxylic acid groups (broad SMARTS) is 1. The summed E-state index contributed by atoms with van der Waals surface area (Å²) in [5.74, 6) is -1.98. The molecule has 9 heteroatoms. The molecule has 0 saturated heterocycles. The lowest BCUT2D eigenvalue weighted by Crippen LogP contribution is -2.40. The molecule has 0 spiro atoms. The van der Waals surface area contributed by atoms with Gasteiger partial charge in [0.05, 0.1) is 34.4 Å². The summed E-state index contributed by atoms with van der Waals surface area (Å²) in [4.78, 5) is 37.7. The minimum absolute atomic E-state index is 0.179. The number of carboxylic acids is 1. The molecule has 2 atom stereocenters. The summed E-state index contributed by atoms with van der Waals surface area (Å²) in [5, 5.41) is 9.76. The highest BCUT2D eigenvalue weighted by Crippen LogP contribution is 2.20. The summed E-state index contributed by atoms with van der Waals surface area (Å²) in [5.41, 5.74) is 0. The van der Waals surface area contributed by atoms with Crippen molar-refractivity contribution < 1.29 is 42.9 Å². The number of rotatable bonds is 74. The maximum atomic E-state index is 13.0. The van der Waals surface area contributed by atoms with Gasteiger partial charge in [0, 0.05) is 12.8 Å². The van der Waals surface area contributed by atoms with Crippen LogP contribution in [0.2, 0.25) is 0 Å². The van der Waals surface area contributed by atoms with E-state index < -0.39 is 24.3 Å². The van der Waals surface area contributed by atoms with Crippen molar-refractivity contribution in [1.82, 2.24) is 0 Å². The standard InChI is InChI=1S/C81H151NO8/c1-6-8-10-12-14-16-18-20-22-24-26-28-30-32-33-34-35-36-37-38-39-40-41-42-43-44-45-46-48-49-51-53-55-57-59-61-63-65-67-69-71-78(83)88-75-77(76-89-81(80(85)86)87-74-73-82(3,4)5)90-79(84)72-70-68-66-64-62-60-58-56-54-52-50-47-31-29-27-25-23-21-19-17-15-13-11-9-7-2/h9,11,15,17,21,23,27,29,77,81H,6-8,10,12-14,16,18-20,22,24-26,28,30-76H2,1-5H3/p+1/b11-9-,17-15-,23-21-,29-27-. The predicted molar refractivity (Wildman–Crippen MR) is 387 cm³/mol. The van der Waals surface area contributed by atoms with Gasteiger partial charge in [0.25, 0.3) is 6.29 Å². The van der Waals surface area contributed by atoms with E-state index in [0.29, 0.717) is 17.4 Å². The Kier molecular flexibility index (Phi) is 69.9. The Morgan fingerprint density at radius 1 is 0.344 bits per heavy atom. The third kappa shape index (κ3) is 72.7. The normalized spacial score (nSPS) is 12.9. The lowest BCUT2D eigenvalue weighted by atomic mass is 10.0. The molecule has 90 heavy (non-hydrogen) atoms. The number of hydrogen-bond donors (Lipinski definition) is 1. The van der Waals surface area contributed by atoms with Crippen LogP contribution < -0.4 is 0 Å². The van der Waals surface area contributed by atoms with Gasteiger partial charge < -0.3 is 28.5 Å². The Balaban J connectivity index is 3.93. The largest absolute Gasteiger partial charge is 0.477 e. The van der Waals surface area contributed by atoms with Crippen LogP contribution >= 0.6 is 0 Å². The molecule has 0 bridgehead atoms. The zero-order valence-electron chi connectivity index (χ0n) is 60.6. The van der Waals surface area contributed by atoms with Crippen molar-refractivity contribution in [3.63, 3.8) is 0 Å². The molecule has 0 saturated carbocycles. The zero-order valence-corrected chi connectivity index (χ0v) is 60.6. The second-order valence-electron chi connectivity index (χ2n) is 28.0. The van der Waals surface area contributed by atoms with Crippen molar-refractivity contribution >= 4 is 17.9 Å². The number of ether oxygens (including phenoxy) is 4. The Hall–Kier alpha value is -2.75. The molecule has 528 valence electrons. The zero-order chi connectivity index (χ0) is 65.4. The second kappa shape index (κ2) is 72.1. The fourth-order valence-electron chi connectivity index (χ4n) is 11.9. The number of quaternary nitrogens is 1. The van der Waals surface area contributed by atoms with Crippen LogP contribution in [0.4, 0.5) is 0 Å². The van der Waals surface area contributed by atoms with Crippen molar-refractivity contribution in [2.45, 2.75) is 405 Å². The highest BCUT2D eigenvalue weighted by Gasteiger charge is 2.25. The van der Waals surface area contributed by atoms with E-state index in [-0.39, 0.29) is 32.2 Å². The molecule has 0 aliphatic carbocycles. The van der Waals surface area contributed by atoms with Crippen LogP contribution in [0.15, 0.2) is 48.6 Å². The lowest BCUT2D eigenvalue weighted by molar-refractivity contribution is -0.870. The number of allylic oxidation sites excluding steroid dienone is 8. The summed E-state index contributed by atoms with van der Waals surface area (Å²) in [6, 6.07) is 0. The van der Waals surface area contributed by atoms with Gasteiger partial charge in [-0.25, -0.2) is 4.79 Å². The third-order valence-corrected chi connectivity index (χ3v) is 17.8. The van der Waals surface area contributed by atoms with Crippen molar-refractivity contribution in [2.24, 2.45) is 0 Å². The lowest BCUT2D eigenvalue weighted by Gasteiger charge is -2.25. The number of aliphatic carboxylic acids is 1. The number of carbonyl (C=O) groups is 3. The summed E-state index contributed by atoms with van der Waals surface area (Å²) in [6.07, 6.45) is 91.4. The van der Waals surface area contributed by atoms with Crippen LogP contribution in [0.25, 0.3) is 0 Å². The fraction of sp³-hybridized carbons (Fsp3) is 0.864. The highest BCUT2D eigenvalue weighted by atomic mass is 16.7. The molecule has 1 N–H and O–H groups in total. The Morgan fingerprint density at radius 2 is 0.633 bits per heavy atom. The van der Waals surface area contributed by atoms with Gasteiger partial charge >= 0.3 is 17.9 Å². The molecular formula is C81H152NO8+. The average Bonchev–Trinajstić information content (AvgIpc) is 3.73. The maximum absolute atomic E-state index is 13.0. The molecule has 0 heterocycles. The van der Waals surface area contributed by atoms with Crippen LogP contribution in [-0.2, 0) is 33.3 Å². The number of unbranched alkanes of at least 4 members (excludes halogenated alkanes) is 51. The third-order valence-electron chi connectivity index (χ3n) is 17.8. The first-order chi connectivity index (χ1) is 44.1. The predicted octanol–water partition coefficient (Wildman–Crippen LogP) is 24.9. The van der Waals surface area contributed by atoms with Crippen LogP contribution in [0.3, 0.4) is 0 Å². The molecule has 0 amide bonds. The summed E-state index contributed by atoms with van der Waals surface area (Å²) in [6.45, 7) is 4.83. The summed E-state index contributed by atoms with van der Waals surface area (Å²) >= 11 is 0. The van der Waals surface area contributed by atoms with Gasteiger partial charge in [-0.05, 0) is 51.4 Å². The van der Waals surface area contributed by atoms with Crippen LogP contribution in [0.5, 0.6) is 0 Å². The minimum Gasteiger partial charge on any atom is -0.477 e. The SMILES string of the molecule is CC/C=C\C/C=C\C/C=C\C/C=C\CCCCCCCCCCCCCCC(=O)OC(COC(=O)CCCCCCCCCCCCCCCCCCCCCCCCCCCCCCCCCCCCCCCCCC)COC(OCC[N+](C)(C)C)C(=O)O. The van der Waals surface area contributed by atoms with Gasteiger partial charge in [-0.1, -0.05) is 377 Å². The van der Waals surface area contributed by atoms with Crippen molar-refractivity contribution in [3.05, 3.63) is 48.6 Å². The molecule has 0 aromatic heterocycles. The van der Waals surface area contributed by atoms with E-state index in [2.05, 4.69) is 62.5 Å². The van der Waals surface area contributed by atoms with Gasteiger partial charge in [-0.2, -0.15) is 0 Å². The molecule has 9 nitrogen and oxygen atoms in total. The first-order valence-corrected chi connectivity index (χ1v) is 39.3. The quantitative estimate of drug-likeness (QED) is 0.0211. The monoisotopic (exact) mass is 1270 g/mol. The number of likely N-dealkylation sites (N-methyl/N-ethyl adjacent to an activating group) is 1. The smallest absolute Gasteiger partial charge is 0.361 e. The first-order valence-electron chi connectivity index (χ1n) is 39.3. The number of esters is 2. The number of carbonyl (C=O) groups excluding carboxylic acids is 2. The molecule has 0 aliphatic rings. The molecule has 0 radical (unpaired) electrons. The van der Waals surface area contributed by atoms with Gasteiger partial charge in [0.2, 0.25) is 0 Å². The molecule has 0 fully saturated rings. The molecule has 0 aliphatic heterocycles. The van der Waals surface area contributed by atoms with Gasteiger partial charge in [0.15, 0.2) is 6.10 Å². The van der Waals surface area contributed by atoms with E-state index >= 15 is 0 Å². The van der Waals surface area contributed by atoms with Gasteiger partial charge in [-0.15, -0.1) is 0 Å². The van der Waals surface area contributed by atoms with E-state index in [9.17, 15) is 19.5 Å². The van der Waals surface area contributed by atoms with Gasteiger partial charge in [-0.3, -0.25) is 9.59 Å². The molecule has 0 aromatic rings. The van der Waals surface area contributed by atoms with Crippen molar-refractivity contribution in [1.29, 1.82) is 0 Å². The molecule has 0 aromatic carbocycles. The van der Waals surface area contributed by atoms with E-state index in [1.54, 1.807) is 0 Å². The van der Waals surface area contributed by atoms with E-state index in [1.165, 1.54) is 302 Å².